The lowest BCUT2D eigenvalue weighted by molar-refractivity contribution is -0.130. The van der Waals surface area contributed by atoms with Crippen LogP contribution in [0.25, 0.3) is 21.8 Å². The van der Waals surface area contributed by atoms with Crippen molar-refractivity contribution in [1.82, 2.24) is 9.47 Å². The van der Waals surface area contributed by atoms with Crippen LogP contribution >= 0.6 is 0 Å². The zero-order valence-corrected chi connectivity index (χ0v) is 15.0. The highest BCUT2D eigenvalue weighted by molar-refractivity contribution is 6.09. The van der Waals surface area contributed by atoms with E-state index >= 15 is 0 Å². The molecule has 4 heteroatoms. The van der Waals surface area contributed by atoms with E-state index in [1.807, 2.05) is 11.8 Å². The molecule has 1 atom stereocenters. The van der Waals surface area contributed by atoms with Gasteiger partial charge in [0, 0.05) is 47.1 Å². The molecule has 1 aromatic heterocycles. The van der Waals surface area contributed by atoms with Gasteiger partial charge in [-0.25, -0.2) is 0 Å². The fourth-order valence-electron chi connectivity index (χ4n) is 4.01. The number of nitrogens with zero attached hydrogens (tertiary/aromatic N) is 2. The average Bonchev–Trinajstić information content (AvgIpc) is 3.27. The van der Waals surface area contributed by atoms with E-state index in [1.165, 1.54) is 21.8 Å². The smallest absolute Gasteiger partial charge is 0.244 e. The SMILES string of the molecule is CCn1c2ccccc2c2cc(N[C@H](C)C(=O)N3CCCC3)ccc21. The molecule has 2 aromatic carbocycles. The van der Waals surface area contributed by atoms with E-state index < -0.39 is 0 Å². The summed E-state index contributed by atoms with van der Waals surface area (Å²) in [5.41, 5.74) is 3.51. The van der Waals surface area contributed by atoms with E-state index in [1.54, 1.807) is 0 Å². The maximum atomic E-state index is 12.5. The molecule has 0 saturated carbocycles. The first-order chi connectivity index (χ1) is 12.2. The largest absolute Gasteiger partial charge is 0.374 e. The van der Waals surface area contributed by atoms with Gasteiger partial charge in [-0.3, -0.25) is 4.79 Å². The number of para-hydroxylation sites is 1. The number of nitrogens with one attached hydrogen (secondary N) is 1. The number of aryl methyl sites for hydroxylation is 1. The minimum Gasteiger partial charge on any atom is -0.374 e. The van der Waals surface area contributed by atoms with Crippen molar-refractivity contribution in [3.63, 3.8) is 0 Å². The lowest BCUT2D eigenvalue weighted by atomic mass is 10.1. The summed E-state index contributed by atoms with van der Waals surface area (Å²) in [6.45, 7) is 6.87. The zero-order chi connectivity index (χ0) is 17.4. The van der Waals surface area contributed by atoms with Crippen molar-refractivity contribution in [2.75, 3.05) is 18.4 Å². The van der Waals surface area contributed by atoms with Crippen LogP contribution in [0.3, 0.4) is 0 Å². The average molecular weight is 335 g/mol. The van der Waals surface area contributed by atoms with Gasteiger partial charge in [0.2, 0.25) is 5.91 Å². The van der Waals surface area contributed by atoms with Crippen LogP contribution in [-0.4, -0.2) is 34.5 Å². The summed E-state index contributed by atoms with van der Waals surface area (Å²) < 4.78 is 2.34. The number of carbonyl (C=O) groups is 1. The summed E-state index contributed by atoms with van der Waals surface area (Å²) in [4.78, 5) is 14.5. The second-order valence-corrected chi connectivity index (χ2v) is 6.89. The number of fused-ring (bicyclic) bond motifs is 3. The number of rotatable bonds is 4. The number of aromatic nitrogens is 1. The second-order valence-electron chi connectivity index (χ2n) is 6.89. The van der Waals surface area contributed by atoms with Gasteiger partial charge < -0.3 is 14.8 Å². The Bertz CT molecular complexity index is 921. The topological polar surface area (TPSA) is 37.3 Å². The highest BCUT2D eigenvalue weighted by Gasteiger charge is 2.23. The fourth-order valence-corrected chi connectivity index (χ4v) is 4.01. The van der Waals surface area contributed by atoms with E-state index in [9.17, 15) is 4.79 Å². The van der Waals surface area contributed by atoms with Crippen molar-refractivity contribution in [3.8, 4) is 0 Å². The van der Waals surface area contributed by atoms with Crippen molar-refractivity contribution in [2.45, 2.75) is 39.3 Å². The van der Waals surface area contributed by atoms with Crippen LogP contribution in [0.2, 0.25) is 0 Å². The van der Waals surface area contributed by atoms with Crippen molar-refractivity contribution in [1.29, 1.82) is 0 Å². The first-order valence-corrected chi connectivity index (χ1v) is 9.25. The highest BCUT2D eigenvalue weighted by Crippen LogP contribution is 2.31. The quantitative estimate of drug-likeness (QED) is 0.774. The predicted molar refractivity (Wildman–Crippen MR) is 104 cm³/mol. The van der Waals surface area contributed by atoms with Gasteiger partial charge in [-0.05, 0) is 51.0 Å². The van der Waals surface area contributed by atoms with E-state index in [-0.39, 0.29) is 11.9 Å². The van der Waals surface area contributed by atoms with Crippen LogP contribution in [0.5, 0.6) is 0 Å². The molecule has 0 radical (unpaired) electrons. The molecule has 0 spiro atoms. The lowest BCUT2D eigenvalue weighted by Gasteiger charge is -2.22. The van der Waals surface area contributed by atoms with Gasteiger partial charge in [0.25, 0.3) is 0 Å². The molecule has 0 bridgehead atoms. The van der Waals surface area contributed by atoms with E-state index in [0.717, 1.165) is 38.2 Å². The molecule has 1 N–H and O–H groups in total. The van der Waals surface area contributed by atoms with E-state index in [4.69, 9.17) is 0 Å². The third-order valence-electron chi connectivity index (χ3n) is 5.26. The second kappa shape index (κ2) is 6.43. The van der Waals surface area contributed by atoms with Crippen molar-refractivity contribution < 1.29 is 4.79 Å². The first kappa shape index (κ1) is 16.0. The molecule has 0 unspecified atom stereocenters. The monoisotopic (exact) mass is 335 g/mol. The first-order valence-electron chi connectivity index (χ1n) is 9.25. The Balaban J connectivity index is 1.67. The number of carbonyl (C=O) groups excluding carboxylic acids is 1. The van der Waals surface area contributed by atoms with Crippen LogP contribution < -0.4 is 5.32 Å². The van der Waals surface area contributed by atoms with Crippen LogP contribution in [0.15, 0.2) is 42.5 Å². The Morgan fingerprint density at radius 1 is 1.08 bits per heavy atom. The van der Waals surface area contributed by atoms with Gasteiger partial charge in [-0.15, -0.1) is 0 Å². The summed E-state index contributed by atoms with van der Waals surface area (Å²) in [6.07, 6.45) is 2.25. The Kier molecular flexibility index (Phi) is 4.12. The van der Waals surface area contributed by atoms with Gasteiger partial charge in [0.1, 0.15) is 6.04 Å². The zero-order valence-electron chi connectivity index (χ0n) is 15.0. The van der Waals surface area contributed by atoms with E-state index in [0.29, 0.717) is 0 Å². The summed E-state index contributed by atoms with van der Waals surface area (Å²) in [7, 11) is 0. The summed E-state index contributed by atoms with van der Waals surface area (Å²) in [6, 6.07) is 14.7. The summed E-state index contributed by atoms with van der Waals surface area (Å²) in [5, 5.41) is 5.91. The molecular weight excluding hydrogens is 310 g/mol. The lowest BCUT2D eigenvalue weighted by Crippen LogP contribution is -2.39. The summed E-state index contributed by atoms with van der Waals surface area (Å²) >= 11 is 0. The van der Waals surface area contributed by atoms with Gasteiger partial charge >= 0.3 is 0 Å². The summed E-state index contributed by atoms with van der Waals surface area (Å²) in [5.74, 6) is 0.202. The molecule has 1 fully saturated rings. The van der Waals surface area contributed by atoms with Crippen LogP contribution in [0.4, 0.5) is 5.69 Å². The molecule has 1 aliphatic rings. The number of anilines is 1. The Labute approximate surface area is 148 Å². The van der Waals surface area contributed by atoms with Crippen LogP contribution in [0, 0.1) is 0 Å². The molecule has 1 amide bonds. The van der Waals surface area contributed by atoms with E-state index in [2.05, 4.69) is 59.3 Å². The number of amides is 1. The molecule has 1 aliphatic heterocycles. The fraction of sp³-hybridized carbons (Fsp3) is 0.381. The molecule has 1 saturated heterocycles. The molecule has 4 rings (SSSR count). The number of hydrogen-bond donors (Lipinski definition) is 1. The van der Waals surface area contributed by atoms with Crippen molar-refractivity contribution in [3.05, 3.63) is 42.5 Å². The predicted octanol–water partition coefficient (Wildman–Crippen LogP) is 4.24. The molecule has 25 heavy (non-hydrogen) atoms. The number of benzene rings is 2. The van der Waals surface area contributed by atoms with Crippen molar-refractivity contribution in [2.24, 2.45) is 0 Å². The maximum absolute atomic E-state index is 12.5. The molecule has 4 nitrogen and oxygen atoms in total. The minimum atomic E-state index is -0.199. The highest BCUT2D eigenvalue weighted by atomic mass is 16.2. The van der Waals surface area contributed by atoms with Gasteiger partial charge in [-0.1, -0.05) is 18.2 Å². The standard InChI is InChI=1S/C21H25N3O/c1-3-24-19-9-5-4-8-17(19)18-14-16(10-11-20(18)24)22-15(2)21(25)23-12-6-7-13-23/h4-5,8-11,14-15,22H,3,6-7,12-13H2,1-2H3/t15-/m1/s1. The van der Waals surface area contributed by atoms with Crippen LogP contribution in [-0.2, 0) is 11.3 Å². The molecule has 3 aromatic rings. The normalized spacial score (nSPS) is 15.8. The molecule has 130 valence electrons. The Morgan fingerprint density at radius 3 is 2.56 bits per heavy atom. The molecular formula is C21H25N3O. The third-order valence-corrected chi connectivity index (χ3v) is 5.26. The molecule has 2 heterocycles. The van der Waals surface area contributed by atoms with Gasteiger partial charge in [0.15, 0.2) is 0 Å². The third kappa shape index (κ3) is 2.76. The van der Waals surface area contributed by atoms with Gasteiger partial charge in [-0.2, -0.15) is 0 Å². The van der Waals surface area contributed by atoms with Gasteiger partial charge in [0.05, 0.1) is 0 Å². The minimum absolute atomic E-state index is 0.199. The molecule has 0 aliphatic carbocycles. The van der Waals surface area contributed by atoms with Crippen molar-refractivity contribution >= 4 is 33.4 Å². The number of hydrogen-bond acceptors (Lipinski definition) is 2. The Morgan fingerprint density at radius 2 is 1.80 bits per heavy atom. The Hall–Kier alpha value is -2.49. The maximum Gasteiger partial charge on any atom is 0.244 e. The van der Waals surface area contributed by atoms with Crippen LogP contribution in [0.1, 0.15) is 26.7 Å². The number of likely N-dealkylation sites (tertiary alicyclic amines) is 1.